The van der Waals surface area contributed by atoms with Crippen LogP contribution in [0.25, 0.3) is 0 Å². The highest BCUT2D eigenvalue weighted by molar-refractivity contribution is 5.85. The molecule has 1 heterocycles. The van der Waals surface area contributed by atoms with E-state index in [4.69, 9.17) is 5.11 Å². The fraction of sp³-hybridized carbons (Fsp3) is 0.400. The molecule has 0 aliphatic heterocycles. The molecule has 0 spiro atoms. The maximum absolute atomic E-state index is 11.5. The lowest BCUT2D eigenvalue weighted by Crippen LogP contribution is -2.34. The molecule has 0 unspecified atom stereocenters. The van der Waals surface area contributed by atoms with E-state index in [1.165, 1.54) is 11.1 Å². The van der Waals surface area contributed by atoms with Gasteiger partial charge < -0.3 is 14.9 Å². The van der Waals surface area contributed by atoms with Crippen LogP contribution in [0, 0.1) is 0 Å². The summed E-state index contributed by atoms with van der Waals surface area (Å²) in [6.07, 6.45) is 2.57. The van der Waals surface area contributed by atoms with Gasteiger partial charge in [0.25, 0.3) is 0 Å². The standard InChI is InChI=1S/C10H14N4O3/c1-13(2)9(15)6-14(3)8-5-11-4-7(12-8)10(16)17/h4-5H,6H2,1-3H3,(H,16,17). The molecule has 7 nitrogen and oxygen atoms in total. The maximum Gasteiger partial charge on any atom is 0.356 e. The number of carboxylic acid groups (broad SMARTS) is 1. The monoisotopic (exact) mass is 238 g/mol. The van der Waals surface area contributed by atoms with Gasteiger partial charge in [0.05, 0.1) is 18.9 Å². The summed E-state index contributed by atoms with van der Waals surface area (Å²) in [5.41, 5.74) is -0.147. The van der Waals surface area contributed by atoms with Crippen LogP contribution in [0.2, 0.25) is 0 Å². The second-order valence-corrected chi connectivity index (χ2v) is 3.71. The van der Waals surface area contributed by atoms with Gasteiger partial charge >= 0.3 is 5.97 Å². The Bertz CT molecular complexity index is 433. The van der Waals surface area contributed by atoms with E-state index in [0.717, 1.165) is 6.20 Å². The van der Waals surface area contributed by atoms with E-state index in [2.05, 4.69) is 9.97 Å². The SMILES string of the molecule is CN(C)C(=O)CN(C)c1cncc(C(=O)O)n1. The van der Waals surface area contributed by atoms with Crippen molar-refractivity contribution in [3.05, 3.63) is 18.1 Å². The van der Waals surface area contributed by atoms with Crippen molar-refractivity contribution in [3.63, 3.8) is 0 Å². The van der Waals surface area contributed by atoms with Gasteiger partial charge in [-0.05, 0) is 0 Å². The third-order valence-electron chi connectivity index (χ3n) is 2.10. The average Bonchev–Trinajstić information content (AvgIpc) is 2.28. The van der Waals surface area contributed by atoms with Crippen molar-refractivity contribution in [1.82, 2.24) is 14.9 Å². The van der Waals surface area contributed by atoms with Gasteiger partial charge in [0.2, 0.25) is 5.91 Å². The molecule has 0 bridgehead atoms. The number of carbonyl (C=O) groups is 2. The maximum atomic E-state index is 11.5. The zero-order valence-corrected chi connectivity index (χ0v) is 9.91. The van der Waals surface area contributed by atoms with E-state index >= 15 is 0 Å². The van der Waals surface area contributed by atoms with Gasteiger partial charge in [0.1, 0.15) is 5.82 Å². The molecule has 0 aromatic carbocycles. The molecule has 1 aromatic rings. The Labute approximate surface area is 98.7 Å². The van der Waals surface area contributed by atoms with E-state index < -0.39 is 5.97 Å². The van der Waals surface area contributed by atoms with Gasteiger partial charge in [0, 0.05) is 21.1 Å². The largest absolute Gasteiger partial charge is 0.476 e. The van der Waals surface area contributed by atoms with Crippen LogP contribution in [0.3, 0.4) is 0 Å². The first kappa shape index (κ1) is 12.9. The number of nitrogens with zero attached hydrogens (tertiary/aromatic N) is 4. The lowest BCUT2D eigenvalue weighted by molar-refractivity contribution is -0.127. The van der Waals surface area contributed by atoms with Crippen LogP contribution in [-0.4, -0.2) is 59.5 Å². The highest BCUT2D eigenvalue weighted by Crippen LogP contribution is 2.07. The summed E-state index contributed by atoms with van der Waals surface area (Å²) < 4.78 is 0. The lowest BCUT2D eigenvalue weighted by atomic mass is 10.4. The number of hydrogen-bond donors (Lipinski definition) is 1. The highest BCUT2D eigenvalue weighted by Gasteiger charge is 2.12. The Balaban J connectivity index is 2.82. The first-order chi connectivity index (χ1) is 7.91. The molecule has 0 fully saturated rings. The molecular formula is C10H14N4O3. The molecule has 7 heteroatoms. The summed E-state index contributed by atoms with van der Waals surface area (Å²) in [4.78, 5) is 32.8. The molecule has 0 aliphatic rings. The number of likely N-dealkylation sites (N-methyl/N-ethyl adjacent to an activating group) is 2. The van der Waals surface area contributed by atoms with E-state index in [0.29, 0.717) is 5.82 Å². The molecule has 1 rings (SSSR count). The van der Waals surface area contributed by atoms with Crippen molar-refractivity contribution in [2.24, 2.45) is 0 Å². The normalized spacial score (nSPS) is 9.82. The van der Waals surface area contributed by atoms with E-state index in [1.54, 1.807) is 26.0 Å². The van der Waals surface area contributed by atoms with Crippen molar-refractivity contribution >= 4 is 17.7 Å². The fourth-order valence-electron chi connectivity index (χ4n) is 1.07. The Morgan fingerprint density at radius 3 is 2.47 bits per heavy atom. The summed E-state index contributed by atoms with van der Waals surface area (Å²) in [5.74, 6) is -0.901. The second-order valence-electron chi connectivity index (χ2n) is 3.71. The molecule has 0 saturated heterocycles. The molecule has 0 aliphatic carbocycles. The van der Waals surface area contributed by atoms with Gasteiger partial charge in [-0.3, -0.25) is 9.78 Å². The second kappa shape index (κ2) is 5.24. The molecule has 0 atom stereocenters. The van der Waals surface area contributed by atoms with Crippen LogP contribution in [0.5, 0.6) is 0 Å². The minimum atomic E-state index is -1.15. The van der Waals surface area contributed by atoms with Gasteiger partial charge in [-0.2, -0.15) is 0 Å². The zero-order valence-electron chi connectivity index (χ0n) is 9.91. The molecule has 17 heavy (non-hydrogen) atoms. The number of aromatic carboxylic acids is 1. The lowest BCUT2D eigenvalue weighted by Gasteiger charge is -2.19. The smallest absolute Gasteiger partial charge is 0.356 e. The summed E-state index contributed by atoms with van der Waals surface area (Å²) >= 11 is 0. The number of carboxylic acids is 1. The Morgan fingerprint density at radius 1 is 1.29 bits per heavy atom. The molecule has 0 radical (unpaired) electrons. The quantitative estimate of drug-likeness (QED) is 0.775. The molecule has 0 saturated carbocycles. The third-order valence-corrected chi connectivity index (χ3v) is 2.10. The molecule has 1 amide bonds. The number of anilines is 1. The first-order valence-corrected chi connectivity index (χ1v) is 4.88. The van der Waals surface area contributed by atoms with Gasteiger partial charge in [0.15, 0.2) is 5.69 Å². The van der Waals surface area contributed by atoms with E-state index in [9.17, 15) is 9.59 Å². The van der Waals surface area contributed by atoms with Crippen LogP contribution in [0.4, 0.5) is 5.82 Å². The minimum Gasteiger partial charge on any atom is -0.476 e. The summed E-state index contributed by atoms with van der Waals surface area (Å²) in [5, 5.41) is 8.76. The predicted molar refractivity (Wildman–Crippen MR) is 61.0 cm³/mol. The van der Waals surface area contributed by atoms with E-state index in [-0.39, 0.29) is 18.1 Å². The summed E-state index contributed by atoms with van der Waals surface area (Å²) in [6.45, 7) is 0.116. The van der Waals surface area contributed by atoms with Crippen LogP contribution in [-0.2, 0) is 4.79 Å². The van der Waals surface area contributed by atoms with Gasteiger partial charge in [-0.15, -0.1) is 0 Å². The van der Waals surface area contributed by atoms with E-state index in [1.807, 2.05) is 0 Å². The van der Waals surface area contributed by atoms with Crippen LogP contribution in [0.15, 0.2) is 12.4 Å². The molecule has 1 N–H and O–H groups in total. The molecular weight excluding hydrogens is 224 g/mol. The average molecular weight is 238 g/mol. The van der Waals surface area contributed by atoms with Crippen molar-refractivity contribution in [1.29, 1.82) is 0 Å². The zero-order chi connectivity index (χ0) is 13.0. The third kappa shape index (κ3) is 3.40. The first-order valence-electron chi connectivity index (χ1n) is 4.88. The van der Waals surface area contributed by atoms with Crippen molar-refractivity contribution in [2.75, 3.05) is 32.6 Å². The van der Waals surface area contributed by atoms with Gasteiger partial charge in [-0.25, -0.2) is 9.78 Å². The van der Waals surface area contributed by atoms with Crippen LogP contribution in [0.1, 0.15) is 10.5 Å². The van der Waals surface area contributed by atoms with Gasteiger partial charge in [-0.1, -0.05) is 0 Å². The minimum absolute atomic E-state index is 0.102. The summed E-state index contributed by atoms with van der Waals surface area (Å²) in [6, 6.07) is 0. The Hall–Kier alpha value is -2.18. The number of amides is 1. The number of rotatable bonds is 4. The Morgan fingerprint density at radius 2 is 1.94 bits per heavy atom. The highest BCUT2D eigenvalue weighted by atomic mass is 16.4. The summed E-state index contributed by atoms with van der Waals surface area (Å²) in [7, 11) is 4.95. The number of hydrogen-bond acceptors (Lipinski definition) is 5. The van der Waals surface area contributed by atoms with Crippen molar-refractivity contribution in [2.45, 2.75) is 0 Å². The topological polar surface area (TPSA) is 86.6 Å². The Kier molecular flexibility index (Phi) is 3.97. The number of aromatic nitrogens is 2. The van der Waals surface area contributed by atoms with Crippen molar-refractivity contribution in [3.8, 4) is 0 Å². The number of carbonyl (C=O) groups excluding carboxylic acids is 1. The van der Waals surface area contributed by atoms with Crippen molar-refractivity contribution < 1.29 is 14.7 Å². The van der Waals surface area contributed by atoms with Crippen LogP contribution < -0.4 is 4.90 Å². The fourth-order valence-corrected chi connectivity index (χ4v) is 1.07. The van der Waals surface area contributed by atoms with Crippen LogP contribution >= 0.6 is 0 Å². The molecule has 92 valence electrons. The predicted octanol–water partition coefficient (Wildman–Crippen LogP) is -0.301. The molecule has 1 aromatic heterocycles.